The third-order valence-electron chi connectivity index (χ3n) is 20.2. The van der Waals surface area contributed by atoms with Gasteiger partial charge in [0.15, 0.2) is 0 Å². The van der Waals surface area contributed by atoms with E-state index in [1.807, 2.05) is 122 Å². The van der Waals surface area contributed by atoms with Gasteiger partial charge in [0, 0.05) is 83.3 Å². The highest BCUT2D eigenvalue weighted by Gasteiger charge is 2.66. The number of hydrogen-bond donors (Lipinski definition) is 5. The summed E-state index contributed by atoms with van der Waals surface area (Å²) in [5, 5.41) is 29.3. The maximum atomic E-state index is 14.0. The zero-order valence-corrected chi connectivity index (χ0v) is 63.2. The molecule has 0 aromatic heterocycles. The number of alkyl carbamates (subject to hydrolysis) is 2. The van der Waals surface area contributed by atoms with Crippen LogP contribution in [0.3, 0.4) is 0 Å². The molecule has 2 aromatic rings. The molecular formula is C71H98Cl2N6O16S3. The normalized spacial score (nSPS) is 32.8. The van der Waals surface area contributed by atoms with Crippen molar-refractivity contribution in [3.63, 3.8) is 0 Å². The molecule has 6 aliphatic rings. The number of fused-ring (bicyclic) bond motifs is 10. The van der Waals surface area contributed by atoms with Crippen LogP contribution in [0.4, 0.5) is 21.0 Å². The number of amides is 6. The number of carbonyl (C=O) groups is 8. The molecule has 4 fully saturated rings. The summed E-state index contributed by atoms with van der Waals surface area (Å²) < 4.78 is 35.9. The van der Waals surface area contributed by atoms with Crippen LogP contribution in [0.1, 0.15) is 130 Å². The van der Waals surface area contributed by atoms with Crippen molar-refractivity contribution in [3.05, 3.63) is 104 Å². The quantitative estimate of drug-likeness (QED) is 0.0330. The van der Waals surface area contributed by atoms with E-state index in [4.69, 9.17) is 51.6 Å². The van der Waals surface area contributed by atoms with Crippen LogP contribution in [0.25, 0.3) is 0 Å². The number of rotatable bonds is 12. The van der Waals surface area contributed by atoms with Crippen molar-refractivity contribution in [2.24, 2.45) is 23.7 Å². The number of likely N-dealkylation sites (N-methyl/N-ethyl adjacent to an activating group) is 2. The molecule has 16 atom stereocenters. The summed E-state index contributed by atoms with van der Waals surface area (Å²) in [5.41, 5.74) is 1.11. The minimum absolute atomic E-state index is 0.0782. The van der Waals surface area contributed by atoms with Gasteiger partial charge in [0.25, 0.3) is 0 Å². The molecule has 6 heterocycles. The Kier molecular flexibility index (Phi) is 26.7. The van der Waals surface area contributed by atoms with E-state index in [2.05, 4.69) is 23.3 Å². The Morgan fingerprint density at radius 2 is 1.05 bits per heavy atom. The number of nitrogens with one attached hydrogen (secondary N) is 2. The zero-order valence-electron chi connectivity index (χ0n) is 59.2. The fraction of sp³-hybridized carbons (Fsp3) is 0.606. The van der Waals surface area contributed by atoms with Crippen molar-refractivity contribution in [2.45, 2.75) is 206 Å². The summed E-state index contributed by atoms with van der Waals surface area (Å²) in [6.07, 6.45) is 8.13. The SMILES string of the molecule is C/C1=C\C=C\C(C)C2(O)CC(OC(=O)N2)C(C)C2OC2(C)C(OC(=O)C(C)N(C)C(=O)CCS)CC(=O)N(C)c2cc(cc(C)c2Cl)C1.CSSCCC(=O)N(C)C(C)C(=O)OC1CC(=O)N(C)c2cc(cc(C)c2Cl)C/C(C)=C/C=C/C(C)C2(O)CC(OC(=O)N2)C(C)C2OC12C. The van der Waals surface area contributed by atoms with E-state index >= 15 is 0 Å². The number of allylic oxidation sites excluding steroid dienone is 6. The van der Waals surface area contributed by atoms with Gasteiger partial charge in [-0.3, -0.25) is 29.8 Å². The first-order chi connectivity index (χ1) is 45.8. The molecule has 4 saturated heterocycles. The lowest BCUT2D eigenvalue weighted by atomic mass is 9.82. The first kappa shape index (κ1) is 79.6. The van der Waals surface area contributed by atoms with Gasteiger partial charge in [0.05, 0.1) is 46.5 Å². The Labute approximate surface area is 599 Å². The van der Waals surface area contributed by atoms with Crippen LogP contribution < -0.4 is 20.4 Å². The van der Waals surface area contributed by atoms with Crippen LogP contribution in [-0.2, 0) is 70.0 Å². The lowest BCUT2D eigenvalue weighted by Gasteiger charge is -2.41. The summed E-state index contributed by atoms with van der Waals surface area (Å²) >= 11 is 17.6. The second-order valence-electron chi connectivity index (χ2n) is 27.5. The van der Waals surface area contributed by atoms with E-state index in [0.29, 0.717) is 45.8 Å². The topological polar surface area (TPSA) is 276 Å². The standard InChI is InChI=1S/C36H50ClN3O8S2.C35H48ClN3O8S/c1-20-11-10-12-22(3)36(45)19-27(46-34(44)38-36)23(4)32-35(6,48-32)28(47-33(43)24(5)39(7)29(41)13-14-50-49-9)18-30(42)40(8)26-17-25(15-20)16-21(2)31(26)37;1-19-10-9-11-21(3)35(44)18-26(45-33(43)37-35)22(4)31-34(6,47-31)27(46-32(42)23(5)38(7)28(40)12-13-48)17-29(41)39(8)25-16-24(14-19)15-20(2)30(25)36/h10-12,16-17,22-24,27-28,32,45H,13-15,18-19H2,1-9H3,(H,38,44);9-11,15-16,21-23,26-27,31,44,48H,12-14,17-18H2,1-8H3,(H,37,43)/b12-10+,20-11+;11-9+,19-10+. The minimum atomic E-state index is -1.59. The van der Waals surface area contributed by atoms with Gasteiger partial charge in [0.1, 0.15) is 59.2 Å². The van der Waals surface area contributed by atoms with Gasteiger partial charge in [-0.1, -0.05) is 132 Å². The van der Waals surface area contributed by atoms with E-state index in [-0.39, 0.29) is 62.2 Å². The largest absolute Gasteiger partial charge is 0.457 e. The van der Waals surface area contributed by atoms with E-state index in [0.717, 1.165) is 33.4 Å². The van der Waals surface area contributed by atoms with Crippen molar-refractivity contribution < 1.29 is 77.0 Å². The third-order valence-corrected chi connectivity index (χ3v) is 23.2. The molecule has 8 rings (SSSR count). The van der Waals surface area contributed by atoms with E-state index in [1.54, 1.807) is 70.4 Å². The van der Waals surface area contributed by atoms with Crippen LogP contribution in [-0.4, -0.2) is 185 Å². The van der Waals surface area contributed by atoms with Gasteiger partial charge in [0.2, 0.25) is 23.6 Å². The highest BCUT2D eigenvalue weighted by Crippen LogP contribution is 2.51. The van der Waals surface area contributed by atoms with Crippen molar-refractivity contribution in [2.75, 3.05) is 55.8 Å². The molecule has 2 aromatic carbocycles. The van der Waals surface area contributed by atoms with Gasteiger partial charge in [-0.2, -0.15) is 12.6 Å². The molecule has 0 saturated carbocycles. The number of esters is 2. The third kappa shape index (κ3) is 18.7. The number of ether oxygens (including phenoxy) is 6. The number of aliphatic hydroxyl groups is 2. The van der Waals surface area contributed by atoms with Gasteiger partial charge in [-0.05, 0) is 115 Å². The molecule has 0 spiro atoms. The van der Waals surface area contributed by atoms with Gasteiger partial charge >= 0.3 is 24.1 Å². The predicted molar refractivity (Wildman–Crippen MR) is 384 cm³/mol. The molecule has 8 bridgehead atoms. The van der Waals surface area contributed by atoms with Gasteiger partial charge in [-0.25, -0.2) is 19.2 Å². The number of epoxide rings is 2. The Balaban J connectivity index is 0.000000276. The molecule has 22 nitrogen and oxygen atoms in total. The fourth-order valence-corrected chi connectivity index (χ4v) is 14.8. The lowest BCUT2D eigenvalue weighted by molar-refractivity contribution is -0.162. The average Bonchev–Trinajstić information content (AvgIpc) is 1.58. The van der Waals surface area contributed by atoms with Crippen LogP contribution >= 0.6 is 57.4 Å². The minimum Gasteiger partial charge on any atom is -0.457 e. The summed E-state index contributed by atoms with van der Waals surface area (Å²) in [4.78, 5) is 112. The van der Waals surface area contributed by atoms with Crippen molar-refractivity contribution in [1.29, 1.82) is 0 Å². The number of aryl methyl sites for hydroxylation is 2. The Bertz CT molecular complexity index is 3490. The predicted octanol–water partition coefficient (Wildman–Crippen LogP) is 10.6. The molecule has 0 aliphatic carbocycles. The second-order valence-corrected chi connectivity index (χ2v) is 31.4. The maximum absolute atomic E-state index is 14.0. The molecule has 540 valence electrons. The summed E-state index contributed by atoms with van der Waals surface area (Å²) in [6.45, 7) is 21.7. The van der Waals surface area contributed by atoms with Crippen molar-refractivity contribution >= 4 is 117 Å². The number of nitrogens with zero attached hydrogens (tertiary/aromatic N) is 4. The molecule has 6 amide bonds. The number of thiol groups is 1. The van der Waals surface area contributed by atoms with E-state index in [9.17, 15) is 48.6 Å². The average molecular weight is 1460 g/mol. The van der Waals surface area contributed by atoms with Crippen LogP contribution in [0.5, 0.6) is 0 Å². The molecule has 4 N–H and O–H groups in total. The van der Waals surface area contributed by atoms with Crippen LogP contribution in [0.15, 0.2) is 71.9 Å². The highest BCUT2D eigenvalue weighted by molar-refractivity contribution is 8.76. The maximum Gasteiger partial charge on any atom is 0.409 e. The van der Waals surface area contributed by atoms with Crippen molar-refractivity contribution in [3.8, 4) is 0 Å². The molecule has 98 heavy (non-hydrogen) atoms. The summed E-state index contributed by atoms with van der Waals surface area (Å²) in [5.74, 6) is -3.49. The highest BCUT2D eigenvalue weighted by atomic mass is 35.5. The number of hydrogen-bond acceptors (Lipinski definition) is 19. The van der Waals surface area contributed by atoms with Gasteiger partial charge in [-0.15, -0.1) is 0 Å². The summed E-state index contributed by atoms with van der Waals surface area (Å²) in [7, 11) is 9.45. The first-order valence-corrected chi connectivity index (χ1v) is 37.2. The molecular weight excluding hydrogens is 1360 g/mol. The number of carbonyl (C=O) groups excluding carboxylic acids is 8. The number of halogens is 2. The number of anilines is 2. The molecule has 0 radical (unpaired) electrons. The second kappa shape index (κ2) is 32.9. The van der Waals surface area contributed by atoms with Gasteiger partial charge < -0.3 is 58.2 Å². The monoisotopic (exact) mass is 1460 g/mol. The molecule has 16 unspecified atom stereocenters. The fourth-order valence-electron chi connectivity index (χ4n) is 13.0. The molecule has 6 aliphatic heterocycles. The van der Waals surface area contributed by atoms with E-state index in [1.165, 1.54) is 26.6 Å². The smallest absolute Gasteiger partial charge is 0.409 e. The lowest BCUT2D eigenvalue weighted by Crippen LogP contribution is -2.60. The van der Waals surface area contributed by atoms with Crippen LogP contribution in [0.2, 0.25) is 10.0 Å². The first-order valence-electron chi connectivity index (χ1n) is 33.1. The Morgan fingerprint density at radius 1 is 0.673 bits per heavy atom. The van der Waals surface area contributed by atoms with Crippen LogP contribution in [0, 0.1) is 37.5 Å². The van der Waals surface area contributed by atoms with Crippen molar-refractivity contribution in [1.82, 2.24) is 20.4 Å². The Hall–Kier alpha value is -5.77. The molecule has 27 heteroatoms. The summed E-state index contributed by atoms with van der Waals surface area (Å²) in [6, 6.07) is 5.83. The van der Waals surface area contributed by atoms with E-state index < -0.39 is 119 Å². The Morgan fingerprint density at radius 3 is 1.42 bits per heavy atom. The number of benzene rings is 2. The zero-order chi connectivity index (χ0) is 72.8.